The maximum atomic E-state index is 6.60. The molecule has 4 heteroatoms. The van der Waals surface area contributed by atoms with Gasteiger partial charge >= 0.3 is 0 Å². The Morgan fingerprint density at radius 2 is 1.16 bits per heavy atom. The van der Waals surface area contributed by atoms with Gasteiger partial charge in [0.25, 0.3) is 0 Å². The largest absolute Gasteiger partial charge is 0.456 e. The summed E-state index contributed by atoms with van der Waals surface area (Å²) in [5.41, 5.74) is 11.7. The number of fused-ring (bicyclic) bond motifs is 7. The summed E-state index contributed by atoms with van der Waals surface area (Å²) < 4.78 is 6.60. The van der Waals surface area contributed by atoms with Gasteiger partial charge in [0.2, 0.25) is 0 Å². The van der Waals surface area contributed by atoms with E-state index in [1.807, 2.05) is 12.1 Å². The average Bonchev–Trinajstić information content (AvgIpc) is 3.64. The molecule has 0 unspecified atom stereocenters. The van der Waals surface area contributed by atoms with Gasteiger partial charge in [0.15, 0.2) is 17.5 Å². The predicted molar refractivity (Wildman–Crippen MR) is 228 cm³/mol. The first-order chi connectivity index (χ1) is 27.2. The molecule has 55 heavy (non-hydrogen) atoms. The van der Waals surface area contributed by atoms with Crippen LogP contribution in [0.5, 0.6) is 0 Å². The molecule has 0 spiro atoms. The van der Waals surface area contributed by atoms with Crippen LogP contribution in [0.3, 0.4) is 0 Å². The Morgan fingerprint density at radius 3 is 2.02 bits per heavy atom. The zero-order valence-electron chi connectivity index (χ0n) is 30.2. The lowest BCUT2D eigenvalue weighted by molar-refractivity contribution is 0.669. The number of aryl methyl sites for hydroxylation is 1. The van der Waals surface area contributed by atoms with Crippen LogP contribution in [0.1, 0.15) is 36.0 Å². The molecule has 260 valence electrons. The Morgan fingerprint density at radius 1 is 0.455 bits per heavy atom. The van der Waals surface area contributed by atoms with Crippen molar-refractivity contribution in [3.05, 3.63) is 174 Å². The molecule has 2 aliphatic carbocycles. The van der Waals surface area contributed by atoms with Crippen LogP contribution in [0.4, 0.5) is 0 Å². The Balaban J connectivity index is 1.17. The van der Waals surface area contributed by atoms with E-state index in [-0.39, 0.29) is 0 Å². The SMILES string of the molecule is C1=CC(c2ccc(-c3cc(-c4nc(-c5ccc6ccccc6c5)nc(-c5cc6ccccc6c6c5C=CCC6)n4)c4c(c3)oc3ccccc34)cc2)=CCC1. The molecule has 11 rings (SSSR count). The second kappa shape index (κ2) is 12.9. The van der Waals surface area contributed by atoms with E-state index >= 15 is 0 Å². The number of allylic oxidation sites excluding steroid dienone is 5. The number of para-hydroxylation sites is 1. The molecule has 0 radical (unpaired) electrons. The monoisotopic (exact) mass is 705 g/mol. The highest BCUT2D eigenvalue weighted by molar-refractivity contribution is 6.13. The molecule has 0 saturated carbocycles. The fourth-order valence-corrected chi connectivity index (χ4v) is 8.47. The molecule has 0 atom stereocenters. The second-order valence-electron chi connectivity index (χ2n) is 14.6. The topological polar surface area (TPSA) is 51.8 Å². The first kappa shape index (κ1) is 31.6. The summed E-state index contributed by atoms with van der Waals surface area (Å²) in [7, 11) is 0. The third-order valence-corrected chi connectivity index (χ3v) is 11.2. The normalized spacial score (nSPS) is 13.9. The zero-order valence-corrected chi connectivity index (χ0v) is 30.2. The fourth-order valence-electron chi connectivity index (χ4n) is 8.47. The summed E-state index contributed by atoms with van der Waals surface area (Å²) in [5.74, 6) is 1.91. The van der Waals surface area contributed by atoms with E-state index < -0.39 is 0 Å². The van der Waals surface area contributed by atoms with Crippen molar-refractivity contribution in [3.8, 4) is 45.3 Å². The molecule has 0 saturated heterocycles. The molecule has 0 N–H and O–H groups in total. The van der Waals surface area contributed by atoms with Crippen LogP contribution in [0, 0.1) is 0 Å². The van der Waals surface area contributed by atoms with Gasteiger partial charge in [0.05, 0.1) is 0 Å². The van der Waals surface area contributed by atoms with Gasteiger partial charge in [-0.3, -0.25) is 0 Å². The van der Waals surface area contributed by atoms with Crippen LogP contribution >= 0.6 is 0 Å². The van der Waals surface area contributed by atoms with Crippen LogP contribution in [0.2, 0.25) is 0 Å². The van der Waals surface area contributed by atoms with E-state index in [1.165, 1.54) is 38.4 Å². The molecule has 0 fully saturated rings. The van der Waals surface area contributed by atoms with Gasteiger partial charge in [-0.1, -0.05) is 134 Å². The number of nitrogens with zero attached hydrogens (tertiary/aromatic N) is 3. The van der Waals surface area contributed by atoms with E-state index in [9.17, 15) is 0 Å². The lowest BCUT2D eigenvalue weighted by atomic mass is 9.88. The van der Waals surface area contributed by atoms with Crippen molar-refractivity contribution in [1.29, 1.82) is 0 Å². The fraction of sp³-hybridized carbons (Fsp3) is 0.0784. The Hall–Kier alpha value is -6.91. The minimum absolute atomic E-state index is 0.613. The summed E-state index contributed by atoms with van der Waals surface area (Å²) >= 11 is 0. The second-order valence-corrected chi connectivity index (χ2v) is 14.6. The molecule has 9 aromatic rings. The molecule has 0 bridgehead atoms. The van der Waals surface area contributed by atoms with Gasteiger partial charge in [-0.15, -0.1) is 0 Å². The van der Waals surface area contributed by atoms with Crippen LogP contribution in [-0.4, -0.2) is 15.0 Å². The first-order valence-corrected chi connectivity index (χ1v) is 19.1. The Kier molecular flexibility index (Phi) is 7.41. The number of rotatable bonds is 5. The minimum Gasteiger partial charge on any atom is -0.456 e. The zero-order chi connectivity index (χ0) is 36.3. The van der Waals surface area contributed by atoms with Crippen molar-refractivity contribution in [3.63, 3.8) is 0 Å². The minimum atomic E-state index is 0.613. The van der Waals surface area contributed by atoms with Gasteiger partial charge < -0.3 is 4.42 Å². The predicted octanol–water partition coefficient (Wildman–Crippen LogP) is 13.4. The molecule has 4 nitrogen and oxygen atoms in total. The number of furan rings is 1. The average molecular weight is 706 g/mol. The summed E-state index contributed by atoms with van der Waals surface area (Å²) in [6.07, 6.45) is 15.5. The standard InChI is InChI=1S/C51H35N3O/c1-2-12-32(13-3-1)34-22-24-35(25-23-34)39-30-45(48-43-20-10-11-21-46(43)55-47(48)31-39)51-53-49(38-27-26-33-14-4-5-15-36(33)28-38)52-50(54-51)44-29-37-16-6-7-17-40(37)41-18-8-9-19-42(41)44/h2,4-7,9-17,19-31H,1,3,8,18H2. The van der Waals surface area contributed by atoms with Gasteiger partial charge in [-0.2, -0.15) is 0 Å². The van der Waals surface area contributed by atoms with Crippen molar-refractivity contribution in [2.24, 2.45) is 0 Å². The molecule has 7 aromatic carbocycles. The smallest absolute Gasteiger partial charge is 0.164 e. The van der Waals surface area contributed by atoms with Crippen LogP contribution in [0.15, 0.2) is 162 Å². The van der Waals surface area contributed by atoms with Crippen molar-refractivity contribution >= 4 is 55.1 Å². The number of benzene rings is 7. The molecular weight excluding hydrogens is 671 g/mol. The third kappa shape index (κ3) is 5.49. The van der Waals surface area contributed by atoms with Crippen molar-refractivity contribution in [1.82, 2.24) is 15.0 Å². The third-order valence-electron chi connectivity index (χ3n) is 11.2. The molecule has 0 aliphatic heterocycles. The van der Waals surface area contributed by atoms with Gasteiger partial charge in [-0.25, -0.2) is 15.0 Å². The van der Waals surface area contributed by atoms with E-state index in [0.717, 1.165) is 80.8 Å². The van der Waals surface area contributed by atoms with E-state index in [1.54, 1.807) is 0 Å². The Labute approximate surface area is 318 Å². The van der Waals surface area contributed by atoms with Crippen molar-refractivity contribution in [2.45, 2.75) is 25.7 Å². The molecule has 2 aliphatic rings. The van der Waals surface area contributed by atoms with Gasteiger partial charge in [0, 0.05) is 27.5 Å². The quantitative estimate of drug-likeness (QED) is 0.179. The maximum Gasteiger partial charge on any atom is 0.164 e. The molecule has 2 aromatic heterocycles. The summed E-state index contributed by atoms with van der Waals surface area (Å²) in [5, 5.41) is 6.82. The highest BCUT2D eigenvalue weighted by Crippen LogP contribution is 2.42. The maximum absolute atomic E-state index is 6.60. The van der Waals surface area contributed by atoms with E-state index in [2.05, 4.69) is 152 Å². The first-order valence-electron chi connectivity index (χ1n) is 19.1. The van der Waals surface area contributed by atoms with E-state index in [4.69, 9.17) is 19.4 Å². The van der Waals surface area contributed by atoms with Gasteiger partial charge in [0.1, 0.15) is 11.2 Å². The number of aromatic nitrogens is 3. The highest BCUT2D eigenvalue weighted by atomic mass is 16.3. The Bertz CT molecular complexity index is 3090. The lowest BCUT2D eigenvalue weighted by Crippen LogP contribution is -2.04. The van der Waals surface area contributed by atoms with Gasteiger partial charge in [-0.05, 0) is 111 Å². The van der Waals surface area contributed by atoms with E-state index in [0.29, 0.717) is 17.5 Å². The number of hydrogen-bond donors (Lipinski definition) is 0. The van der Waals surface area contributed by atoms with Crippen molar-refractivity contribution < 1.29 is 4.42 Å². The summed E-state index contributed by atoms with van der Waals surface area (Å²) in [6.45, 7) is 0. The molecule has 0 amide bonds. The van der Waals surface area contributed by atoms with Crippen LogP contribution < -0.4 is 0 Å². The number of hydrogen-bond acceptors (Lipinski definition) is 4. The molecular formula is C51H35N3O. The highest BCUT2D eigenvalue weighted by Gasteiger charge is 2.22. The van der Waals surface area contributed by atoms with Crippen LogP contribution in [0.25, 0.3) is 100 Å². The van der Waals surface area contributed by atoms with Crippen molar-refractivity contribution in [2.75, 3.05) is 0 Å². The summed E-state index contributed by atoms with van der Waals surface area (Å²) in [6, 6.07) is 47.3. The lowest BCUT2D eigenvalue weighted by Gasteiger charge is -2.18. The molecule has 2 heterocycles. The summed E-state index contributed by atoms with van der Waals surface area (Å²) in [4.78, 5) is 16.0. The van der Waals surface area contributed by atoms with Crippen LogP contribution in [-0.2, 0) is 6.42 Å².